The minimum Gasteiger partial charge on any atom is -0.870 e. The van der Waals surface area contributed by atoms with Gasteiger partial charge in [-0.05, 0) is 19.3 Å². The smallest absolute Gasteiger partial charge is 0.190 e. The van der Waals surface area contributed by atoms with E-state index in [2.05, 4.69) is 27.7 Å². The molecule has 3 heteroatoms. The fourth-order valence-corrected chi connectivity index (χ4v) is 2.51. The van der Waals surface area contributed by atoms with Crippen LogP contribution >= 0.6 is 0 Å². The van der Waals surface area contributed by atoms with Gasteiger partial charge in [0.25, 0.3) is 0 Å². The van der Waals surface area contributed by atoms with E-state index in [9.17, 15) is 5.11 Å². The van der Waals surface area contributed by atoms with Crippen LogP contribution in [0.5, 0.6) is 0 Å². The number of hydrogen-bond donors (Lipinski definition) is 1. The summed E-state index contributed by atoms with van der Waals surface area (Å²) in [6, 6.07) is 0. The van der Waals surface area contributed by atoms with Crippen LogP contribution in [0.2, 0.25) is 0 Å². The molecule has 0 amide bonds. The molecule has 0 fully saturated rings. The third-order valence-electron chi connectivity index (χ3n) is 3.00. The fraction of sp³-hybridized carbons (Fsp3) is 1.00. The van der Waals surface area contributed by atoms with Crippen LogP contribution in [0.25, 0.3) is 0 Å². The lowest BCUT2D eigenvalue weighted by Crippen LogP contribution is -2.56. The molecule has 0 spiro atoms. The molecule has 0 bridgehead atoms. The zero-order chi connectivity index (χ0) is 11.0. The summed E-state index contributed by atoms with van der Waals surface area (Å²) in [4.78, 5) is 0. The lowest BCUT2D eigenvalue weighted by molar-refractivity contribution is -0.971. The van der Waals surface area contributed by atoms with Crippen LogP contribution in [-0.2, 0) is 0 Å². The van der Waals surface area contributed by atoms with Crippen molar-refractivity contribution in [2.45, 2.75) is 59.6 Å². The van der Waals surface area contributed by atoms with Gasteiger partial charge in [-0.15, -0.1) is 0 Å². The van der Waals surface area contributed by atoms with Crippen molar-refractivity contribution in [3.8, 4) is 0 Å². The van der Waals surface area contributed by atoms with Crippen molar-refractivity contribution in [2.24, 2.45) is 0 Å². The Morgan fingerprint density at radius 2 is 1.20 bits per heavy atom. The summed E-state index contributed by atoms with van der Waals surface area (Å²) in [7, 11) is 0. The summed E-state index contributed by atoms with van der Waals surface area (Å²) in [5.41, 5.74) is 0. The summed E-state index contributed by atoms with van der Waals surface area (Å²) >= 11 is 0. The first-order chi connectivity index (χ1) is 6.66. The minimum atomic E-state index is -0.158. The highest BCUT2D eigenvalue weighted by molar-refractivity contribution is 4.48. The summed E-state index contributed by atoms with van der Waals surface area (Å²) in [6.45, 7) is 12.1. The van der Waals surface area contributed by atoms with Gasteiger partial charge in [0.05, 0.1) is 19.6 Å². The highest BCUT2D eigenvalue weighted by Crippen LogP contribution is 2.18. The maximum Gasteiger partial charge on any atom is 0.190 e. The second-order valence-electron chi connectivity index (χ2n) is 4.28. The average Bonchev–Trinajstić information content (AvgIpc) is 2.17. The highest BCUT2D eigenvalue weighted by Gasteiger charge is 2.31. The van der Waals surface area contributed by atoms with Gasteiger partial charge in [-0.25, -0.2) is 0 Å². The SMILES string of the molecule is CCC[N+](CCC)(CCC)C(O)CC.[OH-]. The molecule has 0 aliphatic heterocycles. The summed E-state index contributed by atoms with van der Waals surface area (Å²) < 4.78 is 0.917. The maximum absolute atomic E-state index is 10.1. The molecule has 0 saturated carbocycles. The largest absolute Gasteiger partial charge is 0.870 e. The van der Waals surface area contributed by atoms with Crippen molar-refractivity contribution in [3.05, 3.63) is 0 Å². The Morgan fingerprint density at radius 3 is 1.40 bits per heavy atom. The van der Waals surface area contributed by atoms with Gasteiger partial charge >= 0.3 is 0 Å². The van der Waals surface area contributed by atoms with E-state index in [-0.39, 0.29) is 11.7 Å². The van der Waals surface area contributed by atoms with Gasteiger partial charge in [-0.1, -0.05) is 27.7 Å². The minimum absolute atomic E-state index is 0. The van der Waals surface area contributed by atoms with Crippen molar-refractivity contribution < 1.29 is 15.1 Å². The Morgan fingerprint density at radius 1 is 0.867 bits per heavy atom. The number of aliphatic hydroxyl groups is 1. The third-order valence-corrected chi connectivity index (χ3v) is 3.00. The van der Waals surface area contributed by atoms with Crippen LogP contribution < -0.4 is 0 Å². The van der Waals surface area contributed by atoms with Crippen LogP contribution in [0.4, 0.5) is 0 Å². The van der Waals surface area contributed by atoms with Crippen molar-refractivity contribution in [2.75, 3.05) is 19.6 Å². The van der Waals surface area contributed by atoms with Gasteiger partial charge in [-0.2, -0.15) is 0 Å². The molecule has 1 unspecified atom stereocenters. The predicted molar refractivity (Wildman–Crippen MR) is 64.0 cm³/mol. The standard InChI is InChI=1S/C12H28NO.H2O/c1-5-9-13(10-6-2,11-7-3)12(14)8-4;/h12,14H,5-11H2,1-4H3;1H2/q+1;/p-1. The molecule has 0 aliphatic carbocycles. The van der Waals surface area contributed by atoms with E-state index in [4.69, 9.17) is 0 Å². The van der Waals surface area contributed by atoms with E-state index >= 15 is 0 Å². The highest BCUT2D eigenvalue weighted by atomic mass is 16.3. The molecule has 2 N–H and O–H groups in total. The first-order valence-electron chi connectivity index (χ1n) is 6.20. The van der Waals surface area contributed by atoms with Gasteiger partial charge < -0.3 is 10.6 Å². The van der Waals surface area contributed by atoms with Crippen LogP contribution in [0.1, 0.15) is 53.4 Å². The molecule has 0 rings (SSSR count). The molecule has 15 heavy (non-hydrogen) atoms. The molecule has 0 aromatic rings. The van der Waals surface area contributed by atoms with E-state index < -0.39 is 0 Å². The Labute approximate surface area is 95.0 Å². The van der Waals surface area contributed by atoms with Crippen molar-refractivity contribution in [1.29, 1.82) is 0 Å². The Kier molecular flexibility index (Phi) is 10.5. The zero-order valence-corrected chi connectivity index (χ0v) is 10.9. The Hall–Kier alpha value is -0.120. The number of aliphatic hydroxyl groups excluding tert-OH is 1. The Balaban J connectivity index is 0. The van der Waals surface area contributed by atoms with Gasteiger partial charge in [0.1, 0.15) is 0 Å². The van der Waals surface area contributed by atoms with Crippen LogP contribution in [0, 0.1) is 0 Å². The van der Waals surface area contributed by atoms with E-state index in [0.717, 1.165) is 49.8 Å². The third kappa shape index (κ3) is 4.96. The first-order valence-corrected chi connectivity index (χ1v) is 6.20. The van der Waals surface area contributed by atoms with Gasteiger partial charge in [0, 0.05) is 6.42 Å². The number of nitrogens with zero attached hydrogens (tertiary/aromatic N) is 1. The molecule has 0 aliphatic rings. The monoisotopic (exact) mass is 219 g/mol. The quantitative estimate of drug-likeness (QED) is 0.504. The topological polar surface area (TPSA) is 50.2 Å². The van der Waals surface area contributed by atoms with E-state index in [1.54, 1.807) is 0 Å². The predicted octanol–water partition coefficient (Wildman–Crippen LogP) is 2.58. The molecular weight excluding hydrogens is 190 g/mol. The van der Waals surface area contributed by atoms with Gasteiger partial charge in [-0.3, -0.25) is 4.48 Å². The van der Waals surface area contributed by atoms with E-state index in [1.807, 2.05) is 0 Å². The molecule has 94 valence electrons. The summed E-state index contributed by atoms with van der Waals surface area (Å²) in [5, 5.41) is 10.1. The number of hydrogen-bond acceptors (Lipinski definition) is 2. The molecule has 0 saturated heterocycles. The van der Waals surface area contributed by atoms with Crippen LogP contribution in [-0.4, -0.2) is 40.9 Å². The molecule has 0 aromatic carbocycles. The van der Waals surface area contributed by atoms with Crippen molar-refractivity contribution >= 4 is 0 Å². The molecular formula is C12H29NO2. The maximum atomic E-state index is 10.1. The van der Waals surface area contributed by atoms with Crippen molar-refractivity contribution in [1.82, 2.24) is 0 Å². The fourth-order valence-electron chi connectivity index (χ4n) is 2.51. The molecule has 3 nitrogen and oxygen atoms in total. The van der Waals surface area contributed by atoms with Gasteiger partial charge in [0.15, 0.2) is 6.23 Å². The second-order valence-corrected chi connectivity index (χ2v) is 4.28. The average molecular weight is 219 g/mol. The summed E-state index contributed by atoms with van der Waals surface area (Å²) in [5.74, 6) is 0. The second kappa shape index (κ2) is 9.13. The van der Waals surface area contributed by atoms with Crippen LogP contribution in [0.15, 0.2) is 0 Å². The van der Waals surface area contributed by atoms with Crippen LogP contribution in [0.3, 0.4) is 0 Å². The first kappa shape index (κ1) is 17.3. The molecule has 0 radical (unpaired) electrons. The van der Waals surface area contributed by atoms with Crippen molar-refractivity contribution in [3.63, 3.8) is 0 Å². The molecule has 0 aromatic heterocycles. The van der Waals surface area contributed by atoms with E-state index in [1.165, 1.54) is 0 Å². The summed E-state index contributed by atoms with van der Waals surface area (Å²) in [6.07, 6.45) is 4.21. The van der Waals surface area contributed by atoms with Gasteiger partial charge in [0.2, 0.25) is 0 Å². The normalized spacial score (nSPS) is 13.4. The Bertz CT molecular complexity index is 123. The van der Waals surface area contributed by atoms with E-state index in [0.29, 0.717) is 0 Å². The molecule has 1 atom stereocenters. The lowest BCUT2D eigenvalue weighted by Gasteiger charge is -2.42. The number of rotatable bonds is 8. The lowest BCUT2D eigenvalue weighted by atomic mass is 10.2. The zero-order valence-electron chi connectivity index (χ0n) is 10.9. The number of quaternary nitrogens is 1. The molecule has 0 heterocycles.